The molecule has 1 aliphatic heterocycles. The third-order valence-electron chi connectivity index (χ3n) is 6.78. The lowest BCUT2D eigenvalue weighted by molar-refractivity contribution is -0.134. The zero-order valence-corrected chi connectivity index (χ0v) is 20.9. The molecule has 2 aromatic heterocycles. The summed E-state index contributed by atoms with van der Waals surface area (Å²) in [5.41, 5.74) is 4.47. The zero-order chi connectivity index (χ0) is 24.2. The number of carbonyl (C=O) groups excluding carboxylic acids is 2. The molecule has 1 saturated heterocycles. The SMILES string of the molecule is Cc1nc2c(n1Cc1csc(CNC(=O)CCC(=O)N3CCCC3c3ccccc3)n1)C=CCC2. The van der Waals surface area contributed by atoms with Crippen LogP contribution in [0.5, 0.6) is 0 Å². The van der Waals surface area contributed by atoms with Gasteiger partial charge < -0.3 is 14.8 Å². The maximum atomic E-state index is 12.8. The van der Waals surface area contributed by atoms with Gasteiger partial charge in [0, 0.05) is 24.8 Å². The Balaban J connectivity index is 1.10. The van der Waals surface area contributed by atoms with Gasteiger partial charge in [0.1, 0.15) is 10.8 Å². The van der Waals surface area contributed by atoms with Gasteiger partial charge >= 0.3 is 0 Å². The van der Waals surface area contributed by atoms with Gasteiger partial charge in [-0.25, -0.2) is 9.97 Å². The van der Waals surface area contributed by atoms with E-state index in [1.165, 1.54) is 11.3 Å². The number of imidazole rings is 1. The number of allylic oxidation sites excluding steroid dienone is 1. The minimum absolute atomic E-state index is 0.0520. The fraction of sp³-hybridized carbons (Fsp3) is 0.407. The number of rotatable bonds is 8. The highest BCUT2D eigenvalue weighted by Gasteiger charge is 2.29. The number of hydrogen-bond donors (Lipinski definition) is 1. The molecule has 1 aromatic carbocycles. The molecule has 3 aromatic rings. The van der Waals surface area contributed by atoms with Crippen molar-refractivity contribution in [1.29, 1.82) is 0 Å². The second-order valence-electron chi connectivity index (χ2n) is 9.18. The average molecular weight is 490 g/mol. The van der Waals surface area contributed by atoms with Crippen molar-refractivity contribution in [3.05, 3.63) is 75.3 Å². The van der Waals surface area contributed by atoms with Crippen molar-refractivity contribution >= 4 is 29.2 Å². The molecule has 1 aliphatic carbocycles. The molecular formula is C27H31N5O2S. The molecule has 0 radical (unpaired) electrons. The zero-order valence-electron chi connectivity index (χ0n) is 20.1. The van der Waals surface area contributed by atoms with Crippen LogP contribution < -0.4 is 5.32 Å². The number of fused-ring (bicyclic) bond motifs is 1. The Hall–Kier alpha value is -3.26. The van der Waals surface area contributed by atoms with Gasteiger partial charge in [0.05, 0.1) is 36.2 Å². The van der Waals surface area contributed by atoms with E-state index in [4.69, 9.17) is 9.97 Å². The number of thiazole rings is 1. The van der Waals surface area contributed by atoms with E-state index < -0.39 is 0 Å². The van der Waals surface area contributed by atoms with Crippen LogP contribution in [0.25, 0.3) is 6.08 Å². The molecule has 1 fully saturated rings. The second kappa shape index (κ2) is 10.6. The van der Waals surface area contributed by atoms with Crippen molar-refractivity contribution in [1.82, 2.24) is 24.8 Å². The number of likely N-dealkylation sites (tertiary alicyclic amines) is 1. The Bertz CT molecular complexity index is 1230. The van der Waals surface area contributed by atoms with E-state index in [-0.39, 0.29) is 30.7 Å². The fourth-order valence-corrected chi connectivity index (χ4v) is 5.73. The second-order valence-corrected chi connectivity index (χ2v) is 10.1. The van der Waals surface area contributed by atoms with Gasteiger partial charge in [0.25, 0.3) is 0 Å². The van der Waals surface area contributed by atoms with Crippen molar-refractivity contribution in [2.24, 2.45) is 0 Å². The number of nitrogens with one attached hydrogen (secondary N) is 1. The highest BCUT2D eigenvalue weighted by atomic mass is 32.1. The summed E-state index contributed by atoms with van der Waals surface area (Å²) in [6.07, 6.45) is 8.78. The third kappa shape index (κ3) is 5.37. The largest absolute Gasteiger partial charge is 0.350 e. The lowest BCUT2D eigenvalue weighted by atomic mass is 10.0. The summed E-state index contributed by atoms with van der Waals surface area (Å²) in [5, 5.41) is 5.84. The highest BCUT2D eigenvalue weighted by molar-refractivity contribution is 7.09. The molecule has 0 spiro atoms. The lowest BCUT2D eigenvalue weighted by Gasteiger charge is -2.25. The molecule has 2 aliphatic rings. The molecule has 7 nitrogen and oxygen atoms in total. The standard InChI is InChI=1S/C27H31N5O2S/c1-19-29-22-10-5-6-11-24(22)32(19)17-21-18-35-26(30-21)16-28-25(33)13-14-27(34)31-15-7-12-23(31)20-8-3-2-4-9-20/h2-4,6,8-9,11,18,23H,5,7,10,12-17H2,1H3,(H,28,33). The van der Waals surface area contributed by atoms with E-state index >= 15 is 0 Å². The first-order valence-electron chi connectivity index (χ1n) is 12.4. The van der Waals surface area contributed by atoms with E-state index in [1.807, 2.05) is 35.4 Å². The third-order valence-corrected chi connectivity index (χ3v) is 7.67. The van der Waals surface area contributed by atoms with E-state index in [2.05, 4.69) is 34.2 Å². The summed E-state index contributed by atoms with van der Waals surface area (Å²) in [7, 11) is 0. The van der Waals surface area contributed by atoms with Gasteiger partial charge in [0.2, 0.25) is 11.8 Å². The highest BCUT2D eigenvalue weighted by Crippen LogP contribution is 2.32. The predicted octanol–water partition coefficient (Wildman–Crippen LogP) is 4.42. The summed E-state index contributed by atoms with van der Waals surface area (Å²) in [4.78, 5) is 36.6. The van der Waals surface area contributed by atoms with Crippen LogP contribution in [0.2, 0.25) is 0 Å². The molecule has 5 rings (SSSR count). The van der Waals surface area contributed by atoms with Crippen LogP contribution in [0, 0.1) is 6.92 Å². The Morgan fingerprint density at radius 2 is 2.03 bits per heavy atom. The molecule has 182 valence electrons. The number of nitrogens with zero attached hydrogens (tertiary/aromatic N) is 4. The van der Waals surface area contributed by atoms with Crippen molar-refractivity contribution in [2.45, 2.75) is 64.6 Å². The fourth-order valence-electron chi connectivity index (χ4n) is 5.01. The first kappa shape index (κ1) is 23.5. The van der Waals surface area contributed by atoms with E-state index in [0.717, 1.165) is 54.4 Å². The summed E-state index contributed by atoms with van der Waals surface area (Å²) >= 11 is 1.55. The topological polar surface area (TPSA) is 80.1 Å². The van der Waals surface area contributed by atoms with Crippen LogP contribution >= 0.6 is 11.3 Å². The molecular weight excluding hydrogens is 458 g/mol. The molecule has 1 unspecified atom stereocenters. The van der Waals surface area contributed by atoms with E-state index in [9.17, 15) is 9.59 Å². The van der Waals surface area contributed by atoms with Crippen LogP contribution in [0.15, 0.2) is 41.8 Å². The molecule has 1 N–H and O–H groups in total. The Morgan fingerprint density at radius 1 is 1.17 bits per heavy atom. The van der Waals surface area contributed by atoms with Gasteiger partial charge in [-0.15, -0.1) is 11.3 Å². The van der Waals surface area contributed by atoms with Gasteiger partial charge in [-0.2, -0.15) is 0 Å². The van der Waals surface area contributed by atoms with Gasteiger partial charge in [-0.1, -0.05) is 36.4 Å². The van der Waals surface area contributed by atoms with Crippen LogP contribution in [-0.4, -0.2) is 37.8 Å². The Kier molecular flexibility index (Phi) is 7.08. The number of aryl methyl sites for hydroxylation is 2. The van der Waals surface area contributed by atoms with Crippen LogP contribution in [-0.2, 0) is 29.1 Å². The number of benzene rings is 1. The minimum Gasteiger partial charge on any atom is -0.350 e. The normalized spacial score (nSPS) is 16.9. The first-order valence-corrected chi connectivity index (χ1v) is 13.2. The van der Waals surface area contributed by atoms with Crippen molar-refractivity contribution in [3.8, 4) is 0 Å². The number of aromatic nitrogens is 3. The molecule has 0 bridgehead atoms. The number of amides is 2. The summed E-state index contributed by atoms with van der Waals surface area (Å²) < 4.78 is 2.20. The monoisotopic (exact) mass is 489 g/mol. The maximum Gasteiger partial charge on any atom is 0.223 e. The predicted molar refractivity (Wildman–Crippen MR) is 137 cm³/mol. The Morgan fingerprint density at radius 3 is 2.89 bits per heavy atom. The van der Waals surface area contributed by atoms with Gasteiger partial charge in [-0.3, -0.25) is 9.59 Å². The summed E-state index contributed by atoms with van der Waals surface area (Å²) in [5.74, 6) is 0.938. The lowest BCUT2D eigenvalue weighted by Crippen LogP contribution is -2.32. The van der Waals surface area contributed by atoms with Crippen LogP contribution in [0.4, 0.5) is 0 Å². The summed E-state index contributed by atoms with van der Waals surface area (Å²) in [6.45, 7) is 3.85. The van der Waals surface area contributed by atoms with E-state index in [1.54, 1.807) is 11.3 Å². The van der Waals surface area contributed by atoms with Crippen molar-refractivity contribution < 1.29 is 9.59 Å². The van der Waals surface area contributed by atoms with Gasteiger partial charge in [0.15, 0.2) is 0 Å². The molecule has 1 atom stereocenters. The number of hydrogen-bond acceptors (Lipinski definition) is 5. The minimum atomic E-state index is -0.116. The molecule has 0 saturated carbocycles. The summed E-state index contributed by atoms with van der Waals surface area (Å²) in [6, 6.07) is 10.3. The molecule has 8 heteroatoms. The molecule has 35 heavy (non-hydrogen) atoms. The molecule has 3 heterocycles. The molecule has 2 amide bonds. The van der Waals surface area contributed by atoms with Crippen molar-refractivity contribution in [3.63, 3.8) is 0 Å². The van der Waals surface area contributed by atoms with Crippen LogP contribution in [0.3, 0.4) is 0 Å². The first-order chi connectivity index (χ1) is 17.1. The quantitative estimate of drug-likeness (QED) is 0.508. The average Bonchev–Trinajstić information content (AvgIpc) is 3.61. The Labute approximate surface area is 209 Å². The number of carbonyl (C=O) groups is 2. The van der Waals surface area contributed by atoms with E-state index in [0.29, 0.717) is 13.1 Å². The maximum absolute atomic E-state index is 12.8. The smallest absolute Gasteiger partial charge is 0.223 e. The van der Waals surface area contributed by atoms with Crippen LogP contribution in [0.1, 0.15) is 71.6 Å². The van der Waals surface area contributed by atoms with Gasteiger partial charge in [-0.05, 0) is 44.2 Å². The van der Waals surface area contributed by atoms with Crippen molar-refractivity contribution in [2.75, 3.05) is 6.54 Å².